The second-order valence-electron chi connectivity index (χ2n) is 7.09. The van der Waals surface area contributed by atoms with Crippen LogP contribution in [-0.2, 0) is 24.3 Å². The van der Waals surface area contributed by atoms with Crippen molar-refractivity contribution in [1.82, 2.24) is 24.6 Å². The molecule has 1 N–H and O–H groups in total. The maximum Gasteiger partial charge on any atom is 0.279 e. The van der Waals surface area contributed by atoms with Crippen molar-refractivity contribution in [3.8, 4) is 0 Å². The molecule has 1 aromatic carbocycles. The quantitative estimate of drug-likeness (QED) is 0.542. The largest absolute Gasteiger partial charge is 0.361 e. The van der Waals surface area contributed by atoms with Crippen molar-refractivity contribution in [3.05, 3.63) is 58.7 Å². The van der Waals surface area contributed by atoms with E-state index in [0.717, 1.165) is 21.6 Å². The minimum Gasteiger partial charge on any atom is -0.361 e. The van der Waals surface area contributed by atoms with Gasteiger partial charge in [0.2, 0.25) is 5.91 Å². The van der Waals surface area contributed by atoms with Crippen molar-refractivity contribution in [2.45, 2.75) is 26.4 Å². The van der Waals surface area contributed by atoms with Gasteiger partial charge in [-0.3, -0.25) is 14.9 Å². The fraction of sp³-hybridized carbons (Fsp3) is 0.250. The van der Waals surface area contributed by atoms with Crippen molar-refractivity contribution in [2.75, 3.05) is 11.9 Å². The lowest BCUT2D eigenvalue weighted by Gasteiger charge is -2.26. The highest BCUT2D eigenvalue weighted by atomic mass is 32.1. The fourth-order valence-electron chi connectivity index (χ4n) is 3.48. The fourth-order valence-corrected chi connectivity index (χ4v) is 4.50. The van der Waals surface area contributed by atoms with Gasteiger partial charge in [0.15, 0.2) is 10.8 Å². The predicted octanol–water partition coefficient (Wildman–Crippen LogP) is 2.63. The molecule has 0 aliphatic carbocycles. The van der Waals surface area contributed by atoms with Crippen LogP contribution >= 0.6 is 11.3 Å². The topological polar surface area (TPSA) is 106 Å². The van der Waals surface area contributed by atoms with Crippen LogP contribution in [0.5, 0.6) is 0 Å². The summed E-state index contributed by atoms with van der Waals surface area (Å²) in [5.74, 6) is 0.233. The highest BCUT2D eigenvalue weighted by Gasteiger charge is 2.25. The summed E-state index contributed by atoms with van der Waals surface area (Å²) in [6.07, 6.45) is 2.35. The number of aryl methyl sites for hydroxylation is 1. The van der Waals surface area contributed by atoms with E-state index in [4.69, 9.17) is 4.52 Å². The highest BCUT2D eigenvalue weighted by Crippen LogP contribution is 2.29. The van der Waals surface area contributed by atoms with Gasteiger partial charge in [0.05, 0.1) is 29.6 Å². The Kier molecular flexibility index (Phi) is 4.55. The van der Waals surface area contributed by atoms with Crippen molar-refractivity contribution >= 4 is 39.3 Å². The zero-order valence-corrected chi connectivity index (χ0v) is 17.0. The van der Waals surface area contributed by atoms with Crippen LogP contribution in [0.2, 0.25) is 0 Å². The Morgan fingerprint density at radius 1 is 1.30 bits per heavy atom. The number of aromatic nitrogens is 4. The molecule has 0 radical (unpaired) electrons. The first-order chi connectivity index (χ1) is 14.6. The normalized spacial score (nSPS) is 13.4. The van der Waals surface area contributed by atoms with Crippen LogP contribution < -0.4 is 5.32 Å². The van der Waals surface area contributed by atoms with Crippen molar-refractivity contribution in [1.29, 1.82) is 0 Å². The van der Waals surface area contributed by atoms with Crippen LogP contribution in [0.25, 0.3) is 11.0 Å². The van der Waals surface area contributed by atoms with Gasteiger partial charge in [-0.1, -0.05) is 28.6 Å². The zero-order valence-electron chi connectivity index (χ0n) is 16.2. The average Bonchev–Trinajstić information content (AvgIpc) is 3.45. The minimum absolute atomic E-state index is 0.0286. The van der Waals surface area contributed by atoms with E-state index >= 15 is 0 Å². The van der Waals surface area contributed by atoms with Gasteiger partial charge in [-0.15, -0.1) is 0 Å². The molecule has 9 nitrogen and oxygen atoms in total. The number of thiazole rings is 1. The Hall–Kier alpha value is -3.53. The van der Waals surface area contributed by atoms with E-state index in [1.54, 1.807) is 19.3 Å². The third-order valence-electron chi connectivity index (χ3n) is 5.00. The van der Waals surface area contributed by atoms with Crippen molar-refractivity contribution in [2.24, 2.45) is 0 Å². The molecule has 10 heteroatoms. The highest BCUT2D eigenvalue weighted by molar-refractivity contribution is 7.15. The molecule has 0 bridgehead atoms. The Labute approximate surface area is 175 Å². The van der Waals surface area contributed by atoms with Crippen molar-refractivity contribution < 1.29 is 14.1 Å². The van der Waals surface area contributed by atoms with Gasteiger partial charge in [-0.05, 0) is 19.1 Å². The number of carbonyl (C=O) groups is 2. The van der Waals surface area contributed by atoms with Gasteiger partial charge in [-0.2, -0.15) is 0 Å². The van der Waals surface area contributed by atoms with Gasteiger partial charge in [0.1, 0.15) is 12.3 Å². The molecule has 0 unspecified atom stereocenters. The van der Waals surface area contributed by atoms with Crippen LogP contribution in [-0.4, -0.2) is 43.0 Å². The lowest BCUT2D eigenvalue weighted by atomic mass is 10.2. The molecule has 2 amide bonds. The number of anilines is 1. The van der Waals surface area contributed by atoms with Crippen LogP contribution in [0, 0.1) is 6.92 Å². The van der Waals surface area contributed by atoms with E-state index in [-0.39, 0.29) is 24.1 Å². The van der Waals surface area contributed by atoms with Gasteiger partial charge in [0.25, 0.3) is 5.91 Å². The SMILES string of the molecule is Cc1cc(C(=O)Nc2nc3c(s2)CN(C(=O)Cn2cnc4ccccc42)CC3)no1. The molecular weight excluding hydrogens is 404 g/mol. The van der Waals surface area contributed by atoms with E-state index in [1.807, 2.05) is 33.7 Å². The Morgan fingerprint density at radius 2 is 2.17 bits per heavy atom. The number of hydrogen-bond acceptors (Lipinski definition) is 7. The van der Waals surface area contributed by atoms with Crippen molar-refractivity contribution in [3.63, 3.8) is 0 Å². The Bertz CT molecular complexity index is 1260. The van der Waals surface area contributed by atoms with Crippen LogP contribution in [0.4, 0.5) is 5.13 Å². The molecule has 0 atom stereocenters. The van der Waals surface area contributed by atoms with E-state index in [1.165, 1.54) is 11.3 Å². The number of benzene rings is 1. The standard InChI is InChI=1S/C20H18N6O3S/c1-12-8-15(24-29-12)19(28)23-20-22-14-6-7-25(9-17(14)30-20)18(27)10-26-11-21-13-4-2-3-5-16(13)26/h2-5,8,11H,6-7,9-10H2,1H3,(H,22,23,28). The molecular formula is C20H18N6O3S. The number of hydrogen-bond donors (Lipinski definition) is 1. The number of rotatable bonds is 4. The third-order valence-corrected chi connectivity index (χ3v) is 6.00. The van der Waals surface area contributed by atoms with Crippen LogP contribution in [0.1, 0.15) is 26.8 Å². The molecule has 1 aliphatic heterocycles. The molecule has 3 aromatic heterocycles. The number of amides is 2. The average molecular weight is 422 g/mol. The van der Waals surface area contributed by atoms with Crippen LogP contribution in [0.3, 0.4) is 0 Å². The summed E-state index contributed by atoms with van der Waals surface area (Å²) in [6, 6.07) is 9.32. The molecule has 152 valence electrons. The summed E-state index contributed by atoms with van der Waals surface area (Å²) in [7, 11) is 0. The third kappa shape index (κ3) is 3.45. The maximum absolute atomic E-state index is 12.9. The first kappa shape index (κ1) is 18.5. The Morgan fingerprint density at radius 3 is 3.00 bits per heavy atom. The second-order valence-corrected chi connectivity index (χ2v) is 8.18. The maximum atomic E-state index is 12.9. The molecule has 5 rings (SSSR count). The summed E-state index contributed by atoms with van der Waals surface area (Å²) in [6.45, 7) is 3.04. The molecule has 4 heterocycles. The van der Waals surface area contributed by atoms with Gasteiger partial charge >= 0.3 is 0 Å². The van der Waals surface area contributed by atoms with Gasteiger partial charge < -0.3 is 14.0 Å². The number of carbonyl (C=O) groups excluding carboxylic acids is 2. The first-order valence-corrected chi connectivity index (χ1v) is 10.3. The van der Waals surface area contributed by atoms with E-state index in [2.05, 4.69) is 20.4 Å². The summed E-state index contributed by atoms with van der Waals surface area (Å²) in [4.78, 5) is 36.8. The monoisotopic (exact) mass is 422 g/mol. The summed E-state index contributed by atoms with van der Waals surface area (Å²) in [5, 5.41) is 6.98. The van der Waals surface area contributed by atoms with Crippen LogP contribution in [0.15, 0.2) is 41.2 Å². The molecule has 0 spiro atoms. The smallest absolute Gasteiger partial charge is 0.279 e. The number of fused-ring (bicyclic) bond motifs is 2. The minimum atomic E-state index is -0.363. The second kappa shape index (κ2) is 7.38. The number of imidazole rings is 1. The molecule has 4 aromatic rings. The Balaban J connectivity index is 1.27. The number of nitrogens with one attached hydrogen (secondary N) is 1. The van der Waals surface area contributed by atoms with E-state index in [9.17, 15) is 9.59 Å². The number of para-hydroxylation sites is 2. The molecule has 0 fully saturated rings. The molecule has 0 saturated heterocycles. The lowest BCUT2D eigenvalue weighted by molar-refractivity contribution is -0.132. The summed E-state index contributed by atoms with van der Waals surface area (Å²) >= 11 is 1.38. The molecule has 30 heavy (non-hydrogen) atoms. The van der Waals surface area contributed by atoms with Gasteiger partial charge in [-0.25, -0.2) is 9.97 Å². The van der Waals surface area contributed by atoms with Gasteiger partial charge in [0, 0.05) is 23.9 Å². The molecule has 1 aliphatic rings. The van der Waals surface area contributed by atoms with E-state index < -0.39 is 0 Å². The predicted molar refractivity (Wildman–Crippen MR) is 110 cm³/mol. The molecule has 0 saturated carbocycles. The summed E-state index contributed by atoms with van der Waals surface area (Å²) < 4.78 is 6.80. The zero-order chi connectivity index (χ0) is 20.7. The van der Waals surface area contributed by atoms with E-state index in [0.29, 0.717) is 30.4 Å². The summed E-state index contributed by atoms with van der Waals surface area (Å²) in [5.41, 5.74) is 2.94. The number of nitrogens with zero attached hydrogens (tertiary/aromatic N) is 5. The lowest BCUT2D eigenvalue weighted by Crippen LogP contribution is -2.37. The first-order valence-electron chi connectivity index (χ1n) is 9.48.